The molecule has 0 aliphatic carbocycles. The quantitative estimate of drug-likeness (QED) is 0.226. The molecule has 0 radical (unpaired) electrons. The molecule has 0 aliphatic rings. The van der Waals surface area contributed by atoms with Gasteiger partial charge in [-0.2, -0.15) is 0 Å². The van der Waals surface area contributed by atoms with Crippen molar-refractivity contribution in [2.75, 3.05) is 7.11 Å². The first-order valence-corrected chi connectivity index (χ1v) is 9.57. The molecule has 2 N–H and O–H groups in total. The van der Waals surface area contributed by atoms with E-state index in [2.05, 4.69) is 0 Å². The first kappa shape index (κ1) is 22.4. The first-order chi connectivity index (χ1) is 15.3. The largest absolute Gasteiger partial charge is 0.508 e. The molecule has 0 heterocycles. The van der Waals surface area contributed by atoms with Gasteiger partial charge in [0.25, 0.3) is 5.69 Å². The van der Waals surface area contributed by atoms with Crippen molar-refractivity contribution in [3.05, 3.63) is 93.0 Å². The van der Waals surface area contributed by atoms with Crippen molar-refractivity contribution in [2.24, 2.45) is 0 Å². The number of aromatic hydroxyl groups is 2. The van der Waals surface area contributed by atoms with Crippen molar-refractivity contribution >= 4 is 17.5 Å². The number of nitro benzene ring substituents is 1. The minimum atomic E-state index is -0.447. The van der Waals surface area contributed by atoms with Crippen molar-refractivity contribution in [3.8, 4) is 23.0 Å². The molecule has 32 heavy (non-hydrogen) atoms. The third kappa shape index (κ3) is 5.23. The molecule has 3 rings (SSSR count). The van der Waals surface area contributed by atoms with E-state index >= 15 is 0 Å². The summed E-state index contributed by atoms with van der Waals surface area (Å²) in [7, 11) is 1.53. The lowest BCUT2D eigenvalue weighted by molar-refractivity contribution is -0.385. The lowest BCUT2D eigenvalue weighted by atomic mass is 10.1. The van der Waals surface area contributed by atoms with Crippen molar-refractivity contribution in [1.29, 1.82) is 0 Å². The molecule has 0 fully saturated rings. The number of phenols is 2. The number of benzene rings is 3. The molecule has 0 atom stereocenters. The van der Waals surface area contributed by atoms with Gasteiger partial charge in [0.05, 0.1) is 17.6 Å². The molecule has 0 amide bonds. The second-order valence-electron chi connectivity index (χ2n) is 6.96. The Bertz CT molecular complexity index is 1200. The topological polar surface area (TPSA) is 119 Å². The van der Waals surface area contributed by atoms with Gasteiger partial charge in [-0.3, -0.25) is 14.9 Å². The SMILES string of the molecule is COc1ccc(/C=C/C(=O)c2ccc(O)cc2O)cc1COc1ccc([N+](=O)[O-])c(C)c1. The van der Waals surface area contributed by atoms with Crippen molar-refractivity contribution in [2.45, 2.75) is 13.5 Å². The van der Waals surface area contributed by atoms with Crippen LogP contribution >= 0.6 is 0 Å². The Balaban J connectivity index is 1.76. The third-order valence-electron chi connectivity index (χ3n) is 4.74. The Morgan fingerprint density at radius 1 is 1.09 bits per heavy atom. The zero-order chi connectivity index (χ0) is 23.3. The van der Waals surface area contributed by atoms with Gasteiger partial charge in [-0.1, -0.05) is 12.1 Å². The molecule has 164 valence electrons. The molecule has 3 aromatic carbocycles. The van der Waals surface area contributed by atoms with Gasteiger partial charge < -0.3 is 19.7 Å². The van der Waals surface area contributed by atoms with Gasteiger partial charge in [-0.25, -0.2) is 0 Å². The van der Waals surface area contributed by atoms with Crippen LogP contribution in [0.3, 0.4) is 0 Å². The molecule has 0 bridgehead atoms. The summed E-state index contributed by atoms with van der Waals surface area (Å²) in [6, 6.07) is 13.6. The molecule has 0 saturated heterocycles. The number of aryl methyl sites for hydroxylation is 1. The van der Waals surface area contributed by atoms with E-state index in [0.717, 1.165) is 6.07 Å². The number of nitrogens with zero attached hydrogens (tertiary/aromatic N) is 1. The highest BCUT2D eigenvalue weighted by atomic mass is 16.6. The van der Waals surface area contributed by atoms with E-state index in [-0.39, 0.29) is 29.4 Å². The average molecular weight is 435 g/mol. The van der Waals surface area contributed by atoms with Crippen LogP contribution in [0.5, 0.6) is 23.0 Å². The van der Waals surface area contributed by atoms with E-state index < -0.39 is 10.7 Å². The van der Waals surface area contributed by atoms with Gasteiger partial charge in [-0.05, 0) is 55.0 Å². The average Bonchev–Trinajstić information content (AvgIpc) is 2.75. The number of ketones is 1. The van der Waals surface area contributed by atoms with Gasteiger partial charge >= 0.3 is 0 Å². The van der Waals surface area contributed by atoms with Crippen LogP contribution in [0.15, 0.2) is 60.7 Å². The highest BCUT2D eigenvalue weighted by molar-refractivity contribution is 6.08. The van der Waals surface area contributed by atoms with E-state index in [4.69, 9.17) is 9.47 Å². The van der Waals surface area contributed by atoms with Crippen molar-refractivity contribution in [3.63, 3.8) is 0 Å². The standard InChI is InChI=1S/C24H21NO7/c1-15-11-19(6-8-21(15)25(29)30)32-14-17-12-16(4-10-24(17)31-2)3-9-22(27)20-7-5-18(26)13-23(20)28/h3-13,26,28H,14H2,1-2H3/b9-3+. The predicted molar refractivity (Wildman–Crippen MR) is 118 cm³/mol. The summed E-state index contributed by atoms with van der Waals surface area (Å²) in [4.78, 5) is 22.9. The molecular formula is C24H21NO7. The van der Waals surface area contributed by atoms with Crippen LogP contribution in [0.2, 0.25) is 0 Å². The number of rotatable bonds is 8. The minimum Gasteiger partial charge on any atom is -0.508 e. The number of carbonyl (C=O) groups excluding carboxylic acids is 1. The summed E-state index contributed by atoms with van der Waals surface area (Å²) in [6.07, 6.45) is 2.91. The fourth-order valence-electron chi connectivity index (χ4n) is 3.09. The van der Waals surface area contributed by atoms with Crippen LogP contribution in [0.25, 0.3) is 6.08 Å². The molecule has 0 aliphatic heterocycles. The number of hydrogen-bond acceptors (Lipinski definition) is 7. The summed E-state index contributed by atoms with van der Waals surface area (Å²) in [6.45, 7) is 1.79. The van der Waals surface area contributed by atoms with Gasteiger partial charge in [0, 0.05) is 23.3 Å². The number of ether oxygens (including phenoxy) is 2. The van der Waals surface area contributed by atoms with Crippen LogP contribution in [0.1, 0.15) is 27.0 Å². The van der Waals surface area contributed by atoms with Gasteiger partial charge in [0.1, 0.15) is 29.6 Å². The van der Waals surface area contributed by atoms with Crippen LogP contribution < -0.4 is 9.47 Å². The summed E-state index contributed by atoms with van der Waals surface area (Å²) >= 11 is 0. The fraction of sp³-hybridized carbons (Fsp3) is 0.125. The molecule has 3 aromatic rings. The van der Waals surface area contributed by atoms with Gasteiger partial charge in [-0.15, -0.1) is 0 Å². The van der Waals surface area contributed by atoms with Crippen LogP contribution in [0.4, 0.5) is 5.69 Å². The maximum atomic E-state index is 12.4. The Morgan fingerprint density at radius 2 is 1.88 bits per heavy atom. The van der Waals surface area contributed by atoms with E-state index in [9.17, 15) is 25.1 Å². The zero-order valence-corrected chi connectivity index (χ0v) is 17.4. The number of nitro groups is 1. The lowest BCUT2D eigenvalue weighted by Gasteiger charge is -2.12. The van der Waals surface area contributed by atoms with Crippen molar-refractivity contribution in [1.82, 2.24) is 0 Å². The second kappa shape index (κ2) is 9.65. The second-order valence-corrected chi connectivity index (χ2v) is 6.96. The predicted octanol–water partition coefficient (Wildman–Crippen LogP) is 4.80. The number of methoxy groups -OCH3 is 1. The Labute approximate surface area is 184 Å². The Kier molecular flexibility index (Phi) is 6.74. The number of allylic oxidation sites excluding steroid dienone is 1. The molecule has 0 spiro atoms. The number of hydrogen-bond donors (Lipinski definition) is 2. The van der Waals surface area contributed by atoms with E-state index in [1.807, 2.05) is 0 Å². The van der Waals surface area contributed by atoms with Crippen LogP contribution in [-0.4, -0.2) is 28.0 Å². The normalized spacial score (nSPS) is 10.8. The molecule has 0 unspecified atom stereocenters. The van der Waals surface area contributed by atoms with E-state index in [0.29, 0.717) is 28.2 Å². The fourth-order valence-corrected chi connectivity index (χ4v) is 3.09. The molecule has 8 nitrogen and oxygen atoms in total. The zero-order valence-electron chi connectivity index (χ0n) is 17.4. The Hall–Kier alpha value is -4.33. The van der Waals surface area contributed by atoms with Gasteiger partial charge in [0.15, 0.2) is 5.78 Å². The highest BCUT2D eigenvalue weighted by Crippen LogP contribution is 2.27. The summed E-state index contributed by atoms with van der Waals surface area (Å²) < 4.78 is 11.1. The molecular weight excluding hydrogens is 414 g/mol. The lowest BCUT2D eigenvalue weighted by Crippen LogP contribution is -2.00. The van der Waals surface area contributed by atoms with Crippen molar-refractivity contribution < 1.29 is 29.4 Å². The summed E-state index contributed by atoms with van der Waals surface area (Å²) in [5.41, 5.74) is 2.00. The Morgan fingerprint density at radius 3 is 2.53 bits per heavy atom. The first-order valence-electron chi connectivity index (χ1n) is 9.57. The summed E-state index contributed by atoms with van der Waals surface area (Å²) in [5, 5.41) is 30.1. The minimum absolute atomic E-state index is 0.0198. The maximum Gasteiger partial charge on any atom is 0.272 e. The number of carbonyl (C=O) groups is 1. The van der Waals surface area contributed by atoms with E-state index in [1.54, 1.807) is 37.3 Å². The molecule has 8 heteroatoms. The highest BCUT2D eigenvalue weighted by Gasteiger charge is 2.12. The summed E-state index contributed by atoms with van der Waals surface area (Å²) in [5.74, 6) is 0.211. The smallest absolute Gasteiger partial charge is 0.272 e. The molecule has 0 aromatic heterocycles. The molecule has 0 saturated carbocycles. The number of phenolic OH excluding ortho intramolecular Hbond substituents is 2. The van der Waals surface area contributed by atoms with Gasteiger partial charge in [0.2, 0.25) is 0 Å². The van der Waals surface area contributed by atoms with Crippen LogP contribution in [0, 0.1) is 17.0 Å². The monoisotopic (exact) mass is 435 g/mol. The van der Waals surface area contributed by atoms with E-state index in [1.165, 1.54) is 37.5 Å². The van der Waals surface area contributed by atoms with Crippen LogP contribution in [-0.2, 0) is 6.61 Å². The third-order valence-corrected chi connectivity index (χ3v) is 4.74. The maximum absolute atomic E-state index is 12.4.